The van der Waals surface area contributed by atoms with Crippen LogP contribution in [0.5, 0.6) is 0 Å². The van der Waals surface area contributed by atoms with E-state index in [1.807, 2.05) is 6.07 Å². The third kappa shape index (κ3) is 3.04. The summed E-state index contributed by atoms with van der Waals surface area (Å²) in [6.07, 6.45) is 3.07. The van der Waals surface area contributed by atoms with E-state index in [-0.39, 0.29) is 11.8 Å². The van der Waals surface area contributed by atoms with E-state index in [2.05, 4.69) is 17.2 Å². The summed E-state index contributed by atoms with van der Waals surface area (Å²) in [6.45, 7) is 0.312. The van der Waals surface area contributed by atoms with Gasteiger partial charge in [-0.1, -0.05) is 29.9 Å². The van der Waals surface area contributed by atoms with Gasteiger partial charge in [-0.15, -0.1) is 0 Å². The number of nitrogens with two attached hydrogens (primary N) is 1. The van der Waals surface area contributed by atoms with Crippen molar-refractivity contribution in [3.63, 3.8) is 0 Å². The molecular formula is C14H15ClN2O. The summed E-state index contributed by atoms with van der Waals surface area (Å²) in [5.74, 6) is 5.88. The van der Waals surface area contributed by atoms with Gasteiger partial charge in [0.2, 0.25) is 5.91 Å². The van der Waals surface area contributed by atoms with Crippen LogP contribution in [0.1, 0.15) is 24.8 Å². The first-order valence-electron chi connectivity index (χ1n) is 6.00. The van der Waals surface area contributed by atoms with Crippen molar-refractivity contribution in [2.45, 2.75) is 19.3 Å². The molecule has 2 rings (SSSR count). The monoisotopic (exact) mass is 262 g/mol. The first-order valence-corrected chi connectivity index (χ1v) is 6.38. The maximum Gasteiger partial charge on any atom is 0.227 e. The normalized spacial score (nSPS) is 14.3. The number of carbonyl (C=O) groups is 1. The molecule has 18 heavy (non-hydrogen) atoms. The smallest absolute Gasteiger partial charge is 0.227 e. The second-order valence-electron chi connectivity index (χ2n) is 4.32. The standard InChI is InChI=1S/C14H15ClN2O/c15-12-7-6-10(3-2-8-16)9-13(12)17-14(18)11-4-1-5-11/h6-7,9,11H,1,4-5,8,16H2,(H,17,18). The zero-order valence-electron chi connectivity index (χ0n) is 10.0. The number of carbonyl (C=O) groups excluding carboxylic acids is 1. The molecule has 0 aromatic heterocycles. The summed E-state index contributed by atoms with van der Waals surface area (Å²) in [7, 11) is 0. The Hall–Kier alpha value is -1.50. The molecule has 1 aliphatic carbocycles. The van der Waals surface area contributed by atoms with Crippen LogP contribution >= 0.6 is 11.6 Å². The van der Waals surface area contributed by atoms with Gasteiger partial charge in [0, 0.05) is 11.5 Å². The van der Waals surface area contributed by atoms with Gasteiger partial charge in [0.1, 0.15) is 0 Å². The molecule has 4 heteroatoms. The Balaban J connectivity index is 2.12. The third-order valence-corrected chi connectivity index (χ3v) is 3.36. The lowest BCUT2D eigenvalue weighted by atomic mass is 9.85. The van der Waals surface area contributed by atoms with E-state index in [0.29, 0.717) is 17.3 Å². The minimum absolute atomic E-state index is 0.0482. The summed E-state index contributed by atoms with van der Waals surface area (Å²) in [4.78, 5) is 11.8. The van der Waals surface area contributed by atoms with Gasteiger partial charge in [0.15, 0.2) is 0 Å². The molecule has 0 atom stereocenters. The Labute approximate surface area is 112 Å². The maximum atomic E-state index is 11.8. The number of nitrogens with one attached hydrogen (secondary N) is 1. The summed E-state index contributed by atoms with van der Waals surface area (Å²) in [5.41, 5.74) is 6.74. The lowest BCUT2D eigenvalue weighted by Gasteiger charge is -2.24. The van der Waals surface area contributed by atoms with Crippen LogP contribution in [-0.4, -0.2) is 12.5 Å². The van der Waals surface area contributed by atoms with Crippen LogP contribution in [0.15, 0.2) is 18.2 Å². The van der Waals surface area contributed by atoms with Crippen molar-refractivity contribution in [1.82, 2.24) is 0 Å². The first kappa shape index (κ1) is 12.9. The lowest BCUT2D eigenvalue weighted by molar-refractivity contribution is -0.122. The van der Waals surface area contributed by atoms with E-state index in [9.17, 15) is 4.79 Å². The molecule has 1 aromatic carbocycles. The fourth-order valence-corrected chi connectivity index (χ4v) is 1.92. The highest BCUT2D eigenvalue weighted by molar-refractivity contribution is 6.33. The van der Waals surface area contributed by atoms with Crippen LogP contribution in [0.4, 0.5) is 5.69 Å². The number of amides is 1. The molecule has 3 N–H and O–H groups in total. The molecule has 0 bridgehead atoms. The van der Waals surface area contributed by atoms with Crippen molar-refractivity contribution in [3.8, 4) is 11.8 Å². The summed E-state index contributed by atoms with van der Waals surface area (Å²) in [5, 5.41) is 3.39. The molecule has 0 radical (unpaired) electrons. The van der Waals surface area contributed by atoms with Gasteiger partial charge in [0.25, 0.3) is 0 Å². The highest BCUT2D eigenvalue weighted by Crippen LogP contribution is 2.29. The Morgan fingerprint density at radius 3 is 2.89 bits per heavy atom. The van der Waals surface area contributed by atoms with Gasteiger partial charge in [-0.25, -0.2) is 0 Å². The maximum absolute atomic E-state index is 11.8. The molecular weight excluding hydrogens is 248 g/mol. The number of rotatable bonds is 2. The Morgan fingerprint density at radius 1 is 1.50 bits per heavy atom. The number of halogens is 1. The van der Waals surface area contributed by atoms with Crippen molar-refractivity contribution in [3.05, 3.63) is 28.8 Å². The zero-order valence-corrected chi connectivity index (χ0v) is 10.8. The van der Waals surface area contributed by atoms with E-state index < -0.39 is 0 Å². The van der Waals surface area contributed by atoms with E-state index in [0.717, 1.165) is 24.8 Å². The van der Waals surface area contributed by atoms with Crippen LogP contribution in [0, 0.1) is 17.8 Å². The average molecular weight is 263 g/mol. The molecule has 1 fully saturated rings. The number of hydrogen-bond donors (Lipinski definition) is 2. The summed E-state index contributed by atoms with van der Waals surface area (Å²) < 4.78 is 0. The van der Waals surface area contributed by atoms with E-state index >= 15 is 0 Å². The molecule has 94 valence electrons. The van der Waals surface area contributed by atoms with Crippen LogP contribution in [-0.2, 0) is 4.79 Å². The number of anilines is 1. The van der Waals surface area contributed by atoms with Gasteiger partial charge in [-0.2, -0.15) is 0 Å². The van der Waals surface area contributed by atoms with Crippen molar-refractivity contribution in [1.29, 1.82) is 0 Å². The van der Waals surface area contributed by atoms with E-state index in [1.54, 1.807) is 12.1 Å². The number of benzene rings is 1. The summed E-state index contributed by atoms with van der Waals surface area (Å²) in [6, 6.07) is 5.32. The van der Waals surface area contributed by atoms with Crippen LogP contribution < -0.4 is 11.1 Å². The van der Waals surface area contributed by atoms with E-state index in [1.165, 1.54) is 0 Å². The van der Waals surface area contributed by atoms with Gasteiger partial charge in [-0.3, -0.25) is 4.79 Å². The second-order valence-corrected chi connectivity index (χ2v) is 4.72. The molecule has 3 nitrogen and oxygen atoms in total. The molecule has 0 aliphatic heterocycles. The molecule has 0 saturated heterocycles. The van der Waals surface area contributed by atoms with Crippen LogP contribution in [0.25, 0.3) is 0 Å². The van der Waals surface area contributed by atoms with Gasteiger partial charge >= 0.3 is 0 Å². The predicted molar refractivity (Wildman–Crippen MR) is 73.4 cm³/mol. The zero-order chi connectivity index (χ0) is 13.0. The topological polar surface area (TPSA) is 55.1 Å². The predicted octanol–water partition coefficient (Wildman–Crippen LogP) is 2.39. The van der Waals surface area contributed by atoms with E-state index in [4.69, 9.17) is 17.3 Å². The molecule has 0 spiro atoms. The molecule has 0 heterocycles. The van der Waals surface area contributed by atoms with Gasteiger partial charge in [-0.05, 0) is 31.0 Å². The average Bonchev–Trinajstić information content (AvgIpc) is 2.28. The molecule has 0 unspecified atom stereocenters. The molecule has 1 amide bonds. The quantitative estimate of drug-likeness (QED) is 0.804. The van der Waals surface area contributed by atoms with Crippen molar-refractivity contribution in [2.75, 3.05) is 11.9 Å². The molecule has 1 aromatic rings. The molecule has 1 saturated carbocycles. The third-order valence-electron chi connectivity index (χ3n) is 3.03. The van der Waals surface area contributed by atoms with Crippen molar-refractivity contribution < 1.29 is 4.79 Å². The lowest BCUT2D eigenvalue weighted by Crippen LogP contribution is -2.28. The second kappa shape index (κ2) is 5.90. The highest BCUT2D eigenvalue weighted by atomic mass is 35.5. The van der Waals surface area contributed by atoms with Gasteiger partial charge < -0.3 is 11.1 Å². The fraction of sp³-hybridized carbons (Fsp3) is 0.357. The minimum atomic E-state index is 0.0482. The largest absolute Gasteiger partial charge is 0.324 e. The SMILES string of the molecule is NCC#Cc1ccc(Cl)c(NC(=O)C2CCC2)c1. The highest BCUT2D eigenvalue weighted by Gasteiger charge is 2.25. The molecule has 1 aliphatic rings. The first-order chi connectivity index (χ1) is 8.70. The Kier molecular flexibility index (Phi) is 4.24. The van der Waals surface area contributed by atoms with Crippen molar-refractivity contribution >= 4 is 23.2 Å². The minimum Gasteiger partial charge on any atom is -0.324 e. The van der Waals surface area contributed by atoms with Gasteiger partial charge in [0.05, 0.1) is 17.3 Å². The summed E-state index contributed by atoms with van der Waals surface area (Å²) >= 11 is 6.05. The number of hydrogen-bond acceptors (Lipinski definition) is 2. The Morgan fingerprint density at radius 2 is 2.28 bits per heavy atom. The van der Waals surface area contributed by atoms with Crippen LogP contribution in [0.3, 0.4) is 0 Å². The Bertz CT molecular complexity index is 512. The van der Waals surface area contributed by atoms with Crippen molar-refractivity contribution in [2.24, 2.45) is 11.7 Å². The van der Waals surface area contributed by atoms with Crippen LogP contribution in [0.2, 0.25) is 5.02 Å². The fourth-order valence-electron chi connectivity index (χ4n) is 1.76.